The Morgan fingerprint density at radius 2 is 2.15 bits per heavy atom. The van der Waals surface area contributed by atoms with E-state index in [0.717, 1.165) is 29.9 Å². The van der Waals surface area contributed by atoms with Gasteiger partial charge in [-0.15, -0.1) is 0 Å². The Bertz CT molecular complexity index is 961. The molecule has 0 N–H and O–H groups in total. The molecule has 1 aliphatic rings. The van der Waals surface area contributed by atoms with Gasteiger partial charge in [0, 0.05) is 30.9 Å². The first-order valence-corrected chi connectivity index (χ1v) is 8.76. The summed E-state index contributed by atoms with van der Waals surface area (Å²) < 4.78 is 6.97. The lowest BCUT2D eigenvalue weighted by molar-refractivity contribution is -0.130. The molecule has 1 unspecified atom stereocenters. The van der Waals surface area contributed by atoms with Crippen LogP contribution in [0.4, 0.5) is 0 Å². The van der Waals surface area contributed by atoms with E-state index in [1.165, 1.54) is 6.33 Å². The summed E-state index contributed by atoms with van der Waals surface area (Å²) in [5.74, 6) is 2.13. The molecule has 0 bridgehead atoms. The van der Waals surface area contributed by atoms with Crippen LogP contribution >= 0.6 is 0 Å². The third-order valence-electron chi connectivity index (χ3n) is 5.01. The molecule has 9 nitrogen and oxygen atoms in total. The van der Waals surface area contributed by atoms with Gasteiger partial charge in [0.1, 0.15) is 6.33 Å². The number of likely N-dealkylation sites (tertiary alicyclic amines) is 1. The van der Waals surface area contributed by atoms with Crippen molar-refractivity contribution in [1.29, 1.82) is 0 Å². The first-order valence-electron chi connectivity index (χ1n) is 8.76. The lowest BCUT2D eigenvalue weighted by Crippen LogP contribution is -2.28. The number of fused-ring (bicyclic) bond motifs is 1. The van der Waals surface area contributed by atoms with Crippen LogP contribution in [0.15, 0.2) is 10.9 Å². The standard InChI is InChI=1S/C17H21N7O2/c1-10-14(11(2)24-17(20-10)18-9-19-24)4-5-15(25)23-7-6-13(8-23)16-21-12(3)22-26-16/h9,13H,4-8H2,1-3H3. The molecule has 4 rings (SSSR count). The summed E-state index contributed by atoms with van der Waals surface area (Å²) in [6.07, 6.45) is 3.44. The van der Waals surface area contributed by atoms with Gasteiger partial charge in [-0.2, -0.15) is 15.1 Å². The van der Waals surface area contributed by atoms with Crippen molar-refractivity contribution >= 4 is 11.7 Å². The molecule has 0 aliphatic carbocycles. The van der Waals surface area contributed by atoms with Crippen LogP contribution in [-0.4, -0.2) is 53.6 Å². The van der Waals surface area contributed by atoms with Gasteiger partial charge in [-0.1, -0.05) is 5.16 Å². The van der Waals surface area contributed by atoms with Crippen molar-refractivity contribution in [3.05, 3.63) is 35.0 Å². The number of aryl methyl sites for hydroxylation is 3. The highest BCUT2D eigenvalue weighted by Gasteiger charge is 2.30. The van der Waals surface area contributed by atoms with Gasteiger partial charge in [0.05, 0.1) is 5.92 Å². The van der Waals surface area contributed by atoms with E-state index in [0.29, 0.717) is 36.9 Å². The number of rotatable bonds is 4. The van der Waals surface area contributed by atoms with Crippen molar-refractivity contribution < 1.29 is 9.32 Å². The molecule has 9 heteroatoms. The zero-order valence-corrected chi connectivity index (χ0v) is 15.1. The highest BCUT2D eigenvalue weighted by Crippen LogP contribution is 2.26. The molecule has 4 heterocycles. The molecule has 3 aromatic rings. The van der Waals surface area contributed by atoms with Gasteiger partial charge < -0.3 is 9.42 Å². The molecule has 0 saturated carbocycles. The molecule has 1 fully saturated rings. The highest BCUT2D eigenvalue weighted by atomic mass is 16.5. The van der Waals surface area contributed by atoms with E-state index >= 15 is 0 Å². The first-order chi connectivity index (χ1) is 12.5. The van der Waals surface area contributed by atoms with E-state index in [4.69, 9.17) is 4.52 Å². The van der Waals surface area contributed by atoms with Crippen LogP contribution in [0, 0.1) is 20.8 Å². The number of hydrogen-bond donors (Lipinski definition) is 0. The number of nitrogens with zero attached hydrogens (tertiary/aromatic N) is 7. The average molecular weight is 355 g/mol. The first kappa shape index (κ1) is 16.6. The summed E-state index contributed by atoms with van der Waals surface area (Å²) in [4.78, 5) is 27.4. The second kappa shape index (κ2) is 6.47. The van der Waals surface area contributed by atoms with Crippen molar-refractivity contribution in [3.63, 3.8) is 0 Å². The molecule has 1 amide bonds. The minimum Gasteiger partial charge on any atom is -0.342 e. The molecular formula is C17H21N7O2. The molecule has 3 aromatic heterocycles. The second-order valence-electron chi connectivity index (χ2n) is 6.74. The Balaban J connectivity index is 1.42. The molecular weight excluding hydrogens is 334 g/mol. The van der Waals surface area contributed by atoms with Crippen molar-refractivity contribution in [2.24, 2.45) is 0 Å². The van der Waals surface area contributed by atoms with Gasteiger partial charge >= 0.3 is 0 Å². The van der Waals surface area contributed by atoms with Crippen molar-refractivity contribution in [2.75, 3.05) is 13.1 Å². The van der Waals surface area contributed by atoms with Crippen molar-refractivity contribution in [1.82, 2.24) is 34.6 Å². The van der Waals surface area contributed by atoms with Gasteiger partial charge in [-0.3, -0.25) is 4.79 Å². The van der Waals surface area contributed by atoms with Crippen LogP contribution < -0.4 is 0 Å². The number of carbonyl (C=O) groups excluding carboxylic acids is 1. The van der Waals surface area contributed by atoms with Crippen LogP contribution in [0.5, 0.6) is 0 Å². The fraction of sp³-hybridized carbons (Fsp3) is 0.529. The Kier molecular flexibility index (Phi) is 4.14. The van der Waals surface area contributed by atoms with Gasteiger partial charge in [-0.25, -0.2) is 9.50 Å². The summed E-state index contributed by atoms with van der Waals surface area (Å²) in [5.41, 5.74) is 2.94. The molecule has 1 saturated heterocycles. The van der Waals surface area contributed by atoms with Crippen LogP contribution in [0.2, 0.25) is 0 Å². The van der Waals surface area contributed by atoms with Crippen molar-refractivity contribution in [2.45, 2.75) is 46.0 Å². The number of carbonyl (C=O) groups is 1. The molecule has 1 aliphatic heterocycles. The fourth-order valence-electron chi connectivity index (χ4n) is 3.57. The SMILES string of the molecule is Cc1noc(C2CCN(C(=O)CCc3c(C)nc4ncnn4c3C)C2)n1. The van der Waals surface area contributed by atoms with Crippen LogP contribution in [0.1, 0.15) is 47.4 Å². The maximum atomic E-state index is 12.6. The maximum absolute atomic E-state index is 12.6. The van der Waals surface area contributed by atoms with Crippen LogP contribution in [0.25, 0.3) is 5.78 Å². The summed E-state index contributed by atoms with van der Waals surface area (Å²) in [5, 5.41) is 8.03. The van der Waals surface area contributed by atoms with E-state index in [1.54, 1.807) is 11.4 Å². The van der Waals surface area contributed by atoms with Crippen LogP contribution in [0.3, 0.4) is 0 Å². The van der Waals surface area contributed by atoms with Gasteiger partial charge in [0.2, 0.25) is 11.8 Å². The predicted octanol–water partition coefficient (Wildman–Crippen LogP) is 1.38. The van der Waals surface area contributed by atoms with E-state index in [9.17, 15) is 4.79 Å². The lowest BCUT2D eigenvalue weighted by atomic mass is 10.1. The van der Waals surface area contributed by atoms with E-state index in [2.05, 4.69) is 25.2 Å². The number of hydrogen-bond acceptors (Lipinski definition) is 7. The van der Waals surface area contributed by atoms with Crippen LogP contribution in [-0.2, 0) is 11.2 Å². The minimum absolute atomic E-state index is 0.136. The Morgan fingerprint density at radius 3 is 2.92 bits per heavy atom. The zero-order chi connectivity index (χ0) is 18.3. The Morgan fingerprint density at radius 1 is 1.31 bits per heavy atom. The number of aromatic nitrogens is 6. The third-order valence-corrected chi connectivity index (χ3v) is 5.01. The van der Waals surface area contributed by atoms with E-state index < -0.39 is 0 Å². The normalized spacial score (nSPS) is 17.3. The molecule has 0 spiro atoms. The quantitative estimate of drug-likeness (QED) is 0.696. The lowest BCUT2D eigenvalue weighted by Gasteiger charge is -2.17. The Labute approximate surface area is 150 Å². The molecule has 136 valence electrons. The fourth-order valence-corrected chi connectivity index (χ4v) is 3.57. The maximum Gasteiger partial charge on any atom is 0.252 e. The van der Waals surface area contributed by atoms with Gasteiger partial charge in [0.25, 0.3) is 5.78 Å². The largest absolute Gasteiger partial charge is 0.342 e. The Hall–Kier alpha value is -2.84. The zero-order valence-electron chi connectivity index (χ0n) is 15.1. The topological polar surface area (TPSA) is 102 Å². The molecule has 0 radical (unpaired) electrons. The summed E-state index contributed by atoms with van der Waals surface area (Å²) in [6.45, 7) is 7.10. The third kappa shape index (κ3) is 2.93. The highest BCUT2D eigenvalue weighted by molar-refractivity contribution is 5.77. The molecule has 26 heavy (non-hydrogen) atoms. The van der Waals surface area contributed by atoms with Gasteiger partial charge in [0.15, 0.2) is 5.82 Å². The van der Waals surface area contributed by atoms with E-state index in [-0.39, 0.29) is 11.8 Å². The smallest absolute Gasteiger partial charge is 0.252 e. The summed E-state index contributed by atoms with van der Waals surface area (Å²) >= 11 is 0. The monoisotopic (exact) mass is 355 g/mol. The van der Waals surface area contributed by atoms with Gasteiger partial charge in [-0.05, 0) is 39.2 Å². The summed E-state index contributed by atoms with van der Waals surface area (Å²) in [6, 6.07) is 0. The molecule has 0 aromatic carbocycles. The van der Waals surface area contributed by atoms with Crippen molar-refractivity contribution in [3.8, 4) is 0 Å². The minimum atomic E-state index is 0.136. The summed E-state index contributed by atoms with van der Waals surface area (Å²) in [7, 11) is 0. The second-order valence-corrected chi connectivity index (χ2v) is 6.74. The van der Waals surface area contributed by atoms with E-state index in [1.807, 2.05) is 18.7 Å². The average Bonchev–Trinajstić information content (AvgIpc) is 3.33. The molecule has 1 atom stereocenters. The number of amides is 1. The predicted molar refractivity (Wildman–Crippen MR) is 91.6 cm³/mol.